The van der Waals surface area contributed by atoms with Gasteiger partial charge in [0.05, 0.1) is 31.1 Å². The molecule has 2 heterocycles. The highest BCUT2D eigenvalue weighted by Gasteiger charge is 2.18. The van der Waals surface area contributed by atoms with Gasteiger partial charge in [-0.1, -0.05) is 23.4 Å². The minimum atomic E-state index is -0.0687. The van der Waals surface area contributed by atoms with E-state index in [0.29, 0.717) is 35.5 Å². The highest BCUT2D eigenvalue weighted by molar-refractivity contribution is 7.99. The van der Waals surface area contributed by atoms with Gasteiger partial charge in [-0.15, -0.1) is 10.2 Å². The smallest absolute Gasteiger partial charge is 0.232 e. The van der Waals surface area contributed by atoms with E-state index in [-0.39, 0.29) is 11.7 Å². The number of aromatic nitrogens is 3. The Morgan fingerprint density at radius 2 is 2.11 bits per heavy atom. The molecule has 1 amide bonds. The predicted molar refractivity (Wildman–Crippen MR) is 107 cm³/mol. The summed E-state index contributed by atoms with van der Waals surface area (Å²) in [5, 5.41) is 18.5. The van der Waals surface area contributed by atoms with E-state index in [9.17, 15) is 4.79 Å². The Labute approximate surface area is 171 Å². The zero-order valence-electron chi connectivity index (χ0n) is 15.2. The van der Waals surface area contributed by atoms with Crippen LogP contribution >= 0.6 is 23.4 Å². The maximum Gasteiger partial charge on any atom is 0.232 e. The number of amides is 1. The fourth-order valence-corrected chi connectivity index (χ4v) is 3.49. The van der Waals surface area contributed by atoms with Crippen molar-refractivity contribution in [2.75, 3.05) is 19.3 Å². The average Bonchev–Trinajstić information content (AvgIpc) is 3.35. The predicted octanol–water partition coefficient (Wildman–Crippen LogP) is 3.70. The molecule has 0 N–H and O–H groups in total. The summed E-state index contributed by atoms with van der Waals surface area (Å²) in [5.41, 5.74) is 0.868. The second-order valence-electron chi connectivity index (χ2n) is 5.99. The van der Waals surface area contributed by atoms with Crippen molar-refractivity contribution in [3.8, 4) is 17.5 Å². The molecule has 0 aliphatic heterocycles. The Kier molecular flexibility index (Phi) is 6.74. The summed E-state index contributed by atoms with van der Waals surface area (Å²) in [6.45, 7) is 0.851. The molecule has 3 rings (SSSR count). The number of rotatable bonds is 8. The van der Waals surface area contributed by atoms with Gasteiger partial charge in [0.15, 0.2) is 11.0 Å². The van der Waals surface area contributed by atoms with Crippen LogP contribution in [-0.4, -0.2) is 44.9 Å². The maximum absolute atomic E-state index is 12.3. The highest BCUT2D eigenvalue weighted by atomic mass is 35.5. The first kappa shape index (κ1) is 20.0. The van der Waals surface area contributed by atoms with E-state index in [4.69, 9.17) is 21.3 Å². The molecule has 0 radical (unpaired) electrons. The summed E-state index contributed by atoms with van der Waals surface area (Å²) in [7, 11) is 1.69. The fraction of sp³-hybridized carbons (Fsp3) is 0.263. The van der Waals surface area contributed by atoms with E-state index in [2.05, 4.69) is 10.2 Å². The summed E-state index contributed by atoms with van der Waals surface area (Å²) in [5.74, 6) is 1.56. The van der Waals surface area contributed by atoms with Gasteiger partial charge in [-0.05, 0) is 36.4 Å². The van der Waals surface area contributed by atoms with Crippen LogP contribution in [0, 0.1) is 11.3 Å². The van der Waals surface area contributed by atoms with Crippen LogP contribution in [0.2, 0.25) is 5.02 Å². The van der Waals surface area contributed by atoms with Crippen LogP contribution in [-0.2, 0) is 11.3 Å². The number of halogens is 1. The fourth-order valence-electron chi connectivity index (χ4n) is 2.49. The minimum absolute atomic E-state index is 0.0687. The van der Waals surface area contributed by atoms with Crippen molar-refractivity contribution in [3.05, 3.63) is 53.4 Å². The van der Waals surface area contributed by atoms with Crippen LogP contribution in [0.5, 0.6) is 0 Å². The molecule has 0 unspecified atom stereocenters. The van der Waals surface area contributed by atoms with Crippen molar-refractivity contribution < 1.29 is 9.21 Å². The number of furan rings is 1. The van der Waals surface area contributed by atoms with Gasteiger partial charge in [-0.3, -0.25) is 9.36 Å². The van der Waals surface area contributed by atoms with Gasteiger partial charge in [0.25, 0.3) is 0 Å². The zero-order chi connectivity index (χ0) is 19.9. The van der Waals surface area contributed by atoms with Gasteiger partial charge < -0.3 is 9.32 Å². The number of nitrogens with zero attached hydrogens (tertiary/aromatic N) is 5. The molecule has 1 aromatic carbocycles. The molecule has 0 atom stereocenters. The molecule has 2 aromatic heterocycles. The van der Waals surface area contributed by atoms with Gasteiger partial charge in [-0.2, -0.15) is 5.26 Å². The highest BCUT2D eigenvalue weighted by Crippen LogP contribution is 2.26. The lowest BCUT2D eigenvalue weighted by Gasteiger charge is -2.15. The van der Waals surface area contributed by atoms with Crippen LogP contribution in [0.15, 0.2) is 52.2 Å². The zero-order valence-corrected chi connectivity index (χ0v) is 16.8. The Hall–Kier alpha value is -2.76. The van der Waals surface area contributed by atoms with Crippen molar-refractivity contribution in [2.45, 2.75) is 18.1 Å². The second-order valence-corrected chi connectivity index (χ2v) is 7.37. The molecule has 0 aliphatic rings. The number of hydrogen-bond donors (Lipinski definition) is 0. The van der Waals surface area contributed by atoms with Gasteiger partial charge >= 0.3 is 0 Å². The van der Waals surface area contributed by atoms with Gasteiger partial charge in [-0.25, -0.2) is 0 Å². The quantitative estimate of drug-likeness (QED) is 0.521. The number of carbonyl (C=O) groups is 1. The average molecular weight is 416 g/mol. The molecule has 0 spiro atoms. The van der Waals surface area contributed by atoms with Gasteiger partial charge in [0.2, 0.25) is 5.91 Å². The van der Waals surface area contributed by atoms with Crippen LogP contribution in [0.25, 0.3) is 11.4 Å². The van der Waals surface area contributed by atoms with Crippen LogP contribution in [0.3, 0.4) is 0 Å². The summed E-state index contributed by atoms with van der Waals surface area (Å²) in [6.07, 6.45) is 1.92. The Morgan fingerprint density at radius 1 is 1.32 bits per heavy atom. The molecule has 0 saturated heterocycles. The maximum atomic E-state index is 12.3. The van der Waals surface area contributed by atoms with E-state index >= 15 is 0 Å². The third kappa shape index (κ3) is 4.94. The molecule has 144 valence electrons. The van der Waals surface area contributed by atoms with Crippen LogP contribution in [0.1, 0.15) is 12.2 Å². The Bertz CT molecular complexity index is 963. The molecule has 0 saturated carbocycles. The lowest BCUT2D eigenvalue weighted by molar-refractivity contribution is -0.127. The molecular formula is C19H18ClN5O2S. The molecule has 0 aliphatic carbocycles. The molecular weight excluding hydrogens is 398 g/mol. The van der Waals surface area contributed by atoms with E-state index < -0.39 is 0 Å². The van der Waals surface area contributed by atoms with Crippen molar-refractivity contribution in [2.24, 2.45) is 0 Å². The van der Waals surface area contributed by atoms with Crippen molar-refractivity contribution in [1.82, 2.24) is 19.7 Å². The van der Waals surface area contributed by atoms with Crippen molar-refractivity contribution >= 4 is 29.3 Å². The standard InChI is InChI=1S/C19H18ClN5O2S/c1-24(10-3-9-21)17(26)13-28-19-23-22-18(14-5-7-15(20)8-6-14)25(19)12-16-4-2-11-27-16/h2,4-8,11H,3,10,12-13H2,1H3. The lowest BCUT2D eigenvalue weighted by atomic mass is 10.2. The summed E-state index contributed by atoms with van der Waals surface area (Å²) in [4.78, 5) is 13.8. The summed E-state index contributed by atoms with van der Waals surface area (Å²) < 4.78 is 7.38. The second kappa shape index (κ2) is 9.44. The Balaban J connectivity index is 1.81. The molecule has 0 fully saturated rings. The third-order valence-corrected chi connectivity index (χ3v) is 5.23. The first-order valence-corrected chi connectivity index (χ1v) is 9.90. The van der Waals surface area contributed by atoms with E-state index in [0.717, 1.165) is 11.3 Å². The monoisotopic (exact) mass is 415 g/mol. The molecule has 9 heteroatoms. The van der Waals surface area contributed by atoms with Crippen LogP contribution < -0.4 is 0 Å². The Morgan fingerprint density at radius 3 is 2.79 bits per heavy atom. The topological polar surface area (TPSA) is 88.0 Å². The van der Waals surface area contributed by atoms with E-state index in [1.807, 2.05) is 34.9 Å². The van der Waals surface area contributed by atoms with Crippen LogP contribution in [0.4, 0.5) is 0 Å². The first-order chi connectivity index (χ1) is 13.6. The largest absolute Gasteiger partial charge is 0.467 e. The first-order valence-electron chi connectivity index (χ1n) is 8.53. The van der Waals surface area contributed by atoms with E-state index in [1.165, 1.54) is 11.8 Å². The van der Waals surface area contributed by atoms with Gasteiger partial charge in [0.1, 0.15) is 5.76 Å². The molecule has 28 heavy (non-hydrogen) atoms. The number of hydrogen-bond acceptors (Lipinski definition) is 6. The third-order valence-electron chi connectivity index (χ3n) is 4.02. The summed E-state index contributed by atoms with van der Waals surface area (Å²) >= 11 is 7.29. The molecule has 0 bridgehead atoms. The minimum Gasteiger partial charge on any atom is -0.467 e. The molecule has 7 nitrogen and oxygen atoms in total. The normalized spacial score (nSPS) is 10.6. The number of benzene rings is 1. The number of thioether (sulfide) groups is 1. The summed E-state index contributed by atoms with van der Waals surface area (Å²) in [6, 6.07) is 13.1. The lowest BCUT2D eigenvalue weighted by Crippen LogP contribution is -2.29. The van der Waals surface area contributed by atoms with Gasteiger partial charge in [0, 0.05) is 24.2 Å². The van der Waals surface area contributed by atoms with Crippen molar-refractivity contribution in [1.29, 1.82) is 5.26 Å². The molecule has 3 aromatic rings. The number of nitriles is 1. The van der Waals surface area contributed by atoms with E-state index in [1.54, 1.807) is 30.3 Å². The van der Waals surface area contributed by atoms with Crippen molar-refractivity contribution in [3.63, 3.8) is 0 Å². The SMILES string of the molecule is CN(CCC#N)C(=O)CSc1nnc(-c2ccc(Cl)cc2)n1Cc1ccco1. The number of carbonyl (C=O) groups excluding carboxylic acids is 1.